The number of nitrogens with zero attached hydrogens (tertiary/aromatic N) is 2. The van der Waals surface area contributed by atoms with Gasteiger partial charge in [-0.05, 0) is 19.1 Å². The number of aromatic amines is 1. The first-order chi connectivity index (χ1) is 10.1. The Morgan fingerprint density at radius 1 is 1.48 bits per heavy atom. The second kappa shape index (κ2) is 5.17. The predicted octanol–water partition coefficient (Wildman–Crippen LogP) is 2.04. The average Bonchev–Trinajstić information content (AvgIpc) is 2.98. The van der Waals surface area contributed by atoms with E-state index in [1.165, 1.54) is 10.6 Å². The number of carboxylic acids is 1. The number of imidazole rings is 1. The fraction of sp³-hybridized carbons (Fsp3) is 0.214. The molecule has 108 valence electrons. The van der Waals surface area contributed by atoms with Crippen LogP contribution in [-0.4, -0.2) is 25.6 Å². The average molecular weight is 303 g/mol. The molecule has 0 radical (unpaired) electrons. The van der Waals surface area contributed by atoms with E-state index in [2.05, 4.69) is 9.97 Å². The van der Waals surface area contributed by atoms with Crippen LogP contribution in [0.2, 0.25) is 0 Å². The van der Waals surface area contributed by atoms with Gasteiger partial charge in [0.2, 0.25) is 0 Å². The van der Waals surface area contributed by atoms with Crippen molar-refractivity contribution < 1.29 is 9.90 Å². The van der Waals surface area contributed by atoms with E-state index in [1.54, 1.807) is 23.5 Å². The summed E-state index contributed by atoms with van der Waals surface area (Å²) in [6.45, 7) is 2.32. The van der Waals surface area contributed by atoms with Crippen molar-refractivity contribution >= 4 is 28.3 Å². The van der Waals surface area contributed by atoms with Crippen LogP contribution < -0.4 is 5.69 Å². The van der Waals surface area contributed by atoms with E-state index in [-0.39, 0.29) is 11.3 Å². The van der Waals surface area contributed by atoms with Crippen molar-refractivity contribution in [3.8, 4) is 0 Å². The SMILES string of the molecule is Cc1nc(CCn2c(=O)[nH]c3cccc(C(=O)O)c32)cs1. The minimum absolute atomic E-state index is 0.125. The molecular weight excluding hydrogens is 290 g/mol. The number of fused-ring (bicyclic) bond motifs is 1. The standard InChI is InChI=1S/C14H13N3O3S/c1-8-15-9(7-21-8)5-6-17-12-10(13(18)19)3-2-4-11(12)16-14(17)20/h2-4,7H,5-6H2,1H3,(H,16,20)(H,18,19). The van der Waals surface area contributed by atoms with Crippen molar-refractivity contribution in [2.45, 2.75) is 19.9 Å². The predicted molar refractivity (Wildman–Crippen MR) is 80.1 cm³/mol. The maximum Gasteiger partial charge on any atom is 0.337 e. The topological polar surface area (TPSA) is 88.0 Å². The van der Waals surface area contributed by atoms with E-state index in [0.717, 1.165) is 10.7 Å². The van der Waals surface area contributed by atoms with Crippen LogP contribution in [0.25, 0.3) is 11.0 Å². The molecule has 0 saturated carbocycles. The van der Waals surface area contributed by atoms with Crippen LogP contribution in [-0.2, 0) is 13.0 Å². The monoisotopic (exact) mass is 303 g/mol. The Kier molecular flexibility index (Phi) is 3.34. The molecule has 0 fully saturated rings. The molecule has 2 N–H and O–H groups in total. The van der Waals surface area contributed by atoms with Crippen LogP contribution >= 0.6 is 11.3 Å². The van der Waals surface area contributed by atoms with E-state index >= 15 is 0 Å². The van der Waals surface area contributed by atoms with Gasteiger partial charge in [0.25, 0.3) is 0 Å². The molecule has 0 aliphatic carbocycles. The van der Waals surface area contributed by atoms with Gasteiger partial charge in [0, 0.05) is 18.3 Å². The normalized spacial score (nSPS) is 11.1. The molecular formula is C14H13N3O3S. The highest BCUT2D eigenvalue weighted by molar-refractivity contribution is 7.09. The lowest BCUT2D eigenvalue weighted by Crippen LogP contribution is -2.19. The van der Waals surface area contributed by atoms with Gasteiger partial charge in [-0.3, -0.25) is 4.57 Å². The number of hydrogen-bond acceptors (Lipinski definition) is 4. The summed E-state index contributed by atoms with van der Waals surface area (Å²) in [5, 5.41) is 12.2. The van der Waals surface area contributed by atoms with Crippen molar-refractivity contribution in [1.29, 1.82) is 0 Å². The van der Waals surface area contributed by atoms with E-state index in [1.807, 2.05) is 12.3 Å². The fourth-order valence-electron chi connectivity index (χ4n) is 2.35. The summed E-state index contributed by atoms with van der Waals surface area (Å²) in [5.41, 5.74) is 1.70. The number of thiazole rings is 1. The molecule has 21 heavy (non-hydrogen) atoms. The number of hydrogen-bond donors (Lipinski definition) is 2. The molecule has 6 nitrogen and oxygen atoms in total. The number of carboxylic acid groups (broad SMARTS) is 1. The van der Waals surface area contributed by atoms with Gasteiger partial charge in [-0.2, -0.15) is 0 Å². The molecule has 1 aromatic carbocycles. The van der Waals surface area contributed by atoms with Gasteiger partial charge < -0.3 is 10.1 Å². The van der Waals surface area contributed by atoms with E-state index in [9.17, 15) is 14.7 Å². The molecule has 7 heteroatoms. The van der Waals surface area contributed by atoms with Crippen molar-refractivity contribution in [3.63, 3.8) is 0 Å². The molecule has 3 rings (SSSR count). The van der Waals surface area contributed by atoms with Crippen LogP contribution in [0.15, 0.2) is 28.4 Å². The van der Waals surface area contributed by atoms with Crippen molar-refractivity contribution in [1.82, 2.24) is 14.5 Å². The quantitative estimate of drug-likeness (QED) is 0.772. The van der Waals surface area contributed by atoms with E-state index < -0.39 is 5.97 Å². The number of H-pyrrole nitrogens is 1. The summed E-state index contributed by atoms with van der Waals surface area (Å²) in [7, 11) is 0. The minimum atomic E-state index is -1.04. The van der Waals surface area contributed by atoms with Gasteiger partial charge in [-0.25, -0.2) is 14.6 Å². The smallest absolute Gasteiger partial charge is 0.337 e. The van der Waals surface area contributed by atoms with Gasteiger partial charge in [-0.15, -0.1) is 11.3 Å². The lowest BCUT2D eigenvalue weighted by molar-refractivity contribution is 0.0698. The Labute approximate surface area is 123 Å². The second-order valence-electron chi connectivity index (χ2n) is 4.70. The van der Waals surface area contributed by atoms with Crippen LogP contribution in [0.3, 0.4) is 0 Å². The number of rotatable bonds is 4. The number of aryl methyl sites for hydroxylation is 3. The highest BCUT2D eigenvalue weighted by atomic mass is 32.1. The first-order valence-electron chi connectivity index (χ1n) is 6.42. The van der Waals surface area contributed by atoms with Gasteiger partial charge >= 0.3 is 11.7 Å². The van der Waals surface area contributed by atoms with Crippen LogP contribution in [0.1, 0.15) is 21.1 Å². The highest BCUT2D eigenvalue weighted by Gasteiger charge is 2.15. The van der Waals surface area contributed by atoms with Crippen molar-refractivity contribution in [2.24, 2.45) is 0 Å². The van der Waals surface area contributed by atoms with Gasteiger partial charge in [0.1, 0.15) is 0 Å². The minimum Gasteiger partial charge on any atom is -0.478 e. The number of para-hydroxylation sites is 1. The molecule has 0 unspecified atom stereocenters. The zero-order chi connectivity index (χ0) is 15.0. The van der Waals surface area contributed by atoms with Crippen molar-refractivity contribution in [3.05, 3.63) is 50.3 Å². The molecule has 2 aromatic heterocycles. The molecule has 3 aromatic rings. The highest BCUT2D eigenvalue weighted by Crippen LogP contribution is 2.17. The number of aromatic nitrogens is 3. The summed E-state index contributed by atoms with van der Waals surface area (Å²) < 4.78 is 1.47. The van der Waals surface area contributed by atoms with E-state index in [0.29, 0.717) is 24.0 Å². The number of nitrogens with one attached hydrogen (secondary N) is 1. The number of benzene rings is 1. The fourth-order valence-corrected chi connectivity index (χ4v) is 3.00. The van der Waals surface area contributed by atoms with Gasteiger partial charge in [-0.1, -0.05) is 6.07 Å². The largest absolute Gasteiger partial charge is 0.478 e. The van der Waals surface area contributed by atoms with Crippen LogP contribution in [0.4, 0.5) is 0 Å². The molecule has 0 spiro atoms. The van der Waals surface area contributed by atoms with Crippen LogP contribution in [0.5, 0.6) is 0 Å². The maximum absolute atomic E-state index is 12.0. The zero-order valence-electron chi connectivity index (χ0n) is 11.3. The molecule has 0 atom stereocenters. The molecule has 0 aliphatic heterocycles. The van der Waals surface area contributed by atoms with Gasteiger partial charge in [0.15, 0.2) is 0 Å². The third-order valence-corrected chi connectivity index (χ3v) is 4.10. The van der Waals surface area contributed by atoms with Gasteiger partial charge in [0.05, 0.1) is 27.3 Å². The number of carbonyl (C=O) groups is 1. The summed E-state index contributed by atoms with van der Waals surface area (Å²) in [4.78, 5) is 30.4. The Hall–Kier alpha value is -2.41. The molecule has 2 heterocycles. The zero-order valence-corrected chi connectivity index (χ0v) is 12.1. The summed E-state index contributed by atoms with van der Waals surface area (Å²) in [5.74, 6) is -1.04. The maximum atomic E-state index is 12.0. The van der Waals surface area contributed by atoms with Crippen molar-refractivity contribution in [2.75, 3.05) is 0 Å². The number of aromatic carboxylic acids is 1. The summed E-state index contributed by atoms with van der Waals surface area (Å²) in [6.07, 6.45) is 0.588. The van der Waals surface area contributed by atoms with E-state index in [4.69, 9.17) is 0 Å². The van der Waals surface area contributed by atoms with Crippen LogP contribution in [0, 0.1) is 6.92 Å². The third-order valence-electron chi connectivity index (χ3n) is 3.28. The lowest BCUT2D eigenvalue weighted by atomic mass is 10.2. The summed E-state index contributed by atoms with van der Waals surface area (Å²) >= 11 is 1.56. The first-order valence-corrected chi connectivity index (χ1v) is 7.30. The summed E-state index contributed by atoms with van der Waals surface area (Å²) in [6, 6.07) is 4.82. The molecule has 0 saturated heterocycles. The third kappa shape index (κ3) is 2.47. The first kappa shape index (κ1) is 13.6. The Morgan fingerprint density at radius 3 is 2.95 bits per heavy atom. The Balaban J connectivity index is 2.03. The molecule has 0 aliphatic rings. The Morgan fingerprint density at radius 2 is 2.29 bits per heavy atom. The molecule has 0 bridgehead atoms. The Bertz CT molecular complexity index is 875. The second-order valence-corrected chi connectivity index (χ2v) is 5.76. The lowest BCUT2D eigenvalue weighted by Gasteiger charge is -2.04. The molecule has 0 amide bonds.